The van der Waals surface area contributed by atoms with Crippen LogP contribution in [-0.2, 0) is 14.2 Å². The largest absolute Gasteiger partial charge is 0.397 e. The van der Waals surface area contributed by atoms with Crippen LogP contribution in [0.2, 0.25) is 0 Å². The second-order valence-corrected chi connectivity index (χ2v) is 9.63. The SMILES string of the molecule is CCCCC(C)(C(C=C[C@H]1[C@H]2[C@@H](C[C@@H]1C)OC(O)[C@@H]2F)OC1CCCCO1)C(F)(F)F. The molecule has 0 aromatic carbocycles. The van der Waals surface area contributed by atoms with Gasteiger partial charge in [-0.2, -0.15) is 13.2 Å². The van der Waals surface area contributed by atoms with Crippen LogP contribution in [0.5, 0.6) is 0 Å². The number of allylic oxidation sites excluding steroid dienone is 1. The van der Waals surface area contributed by atoms with Crippen LogP contribution in [0.15, 0.2) is 12.2 Å². The highest BCUT2D eigenvalue weighted by Crippen LogP contribution is 2.50. The van der Waals surface area contributed by atoms with Gasteiger partial charge in [0, 0.05) is 12.5 Å². The minimum atomic E-state index is -4.47. The number of unbranched alkanes of at least 4 members (excludes halogenated alkanes) is 1. The molecule has 0 radical (unpaired) electrons. The predicted molar refractivity (Wildman–Crippen MR) is 108 cm³/mol. The fraction of sp³-hybridized carbons (Fsp3) is 0.913. The summed E-state index contributed by atoms with van der Waals surface area (Å²) in [6, 6.07) is 0. The van der Waals surface area contributed by atoms with Gasteiger partial charge in [0.2, 0.25) is 0 Å². The van der Waals surface area contributed by atoms with Crippen LogP contribution in [0.1, 0.15) is 65.7 Å². The molecule has 1 N–H and O–H groups in total. The van der Waals surface area contributed by atoms with Crippen molar-refractivity contribution in [2.24, 2.45) is 23.2 Å². The van der Waals surface area contributed by atoms with E-state index in [1.165, 1.54) is 13.0 Å². The summed E-state index contributed by atoms with van der Waals surface area (Å²) in [7, 11) is 0. The van der Waals surface area contributed by atoms with Crippen molar-refractivity contribution in [3.8, 4) is 0 Å². The minimum absolute atomic E-state index is 0.0383. The highest BCUT2D eigenvalue weighted by atomic mass is 19.4. The zero-order valence-corrected chi connectivity index (χ0v) is 18.6. The lowest BCUT2D eigenvalue weighted by atomic mass is 9.77. The Balaban J connectivity index is 1.86. The van der Waals surface area contributed by atoms with Crippen molar-refractivity contribution in [1.82, 2.24) is 0 Å². The standard InChI is InChI=1S/C23H36F4O4/c1-4-5-11-22(3,23(25,26)27)17(31-18-8-6-7-12-29-18)10-9-15-14(2)13-16-19(15)20(24)21(28)30-16/h9-10,14-21,28H,4-8,11-13H2,1-3H3/t14-,15+,16+,17?,18?,19-,20+,21?,22?/m0/s1. The second kappa shape index (κ2) is 10.1. The van der Waals surface area contributed by atoms with E-state index in [1.54, 1.807) is 6.08 Å². The number of rotatable bonds is 8. The van der Waals surface area contributed by atoms with Crippen LogP contribution in [0.4, 0.5) is 17.6 Å². The van der Waals surface area contributed by atoms with Gasteiger partial charge in [-0.3, -0.25) is 0 Å². The Morgan fingerprint density at radius 3 is 2.61 bits per heavy atom. The smallest absolute Gasteiger partial charge is 0.366 e. The molecular formula is C23H36F4O4. The summed E-state index contributed by atoms with van der Waals surface area (Å²) in [5, 5.41) is 9.72. The molecule has 31 heavy (non-hydrogen) atoms. The third-order valence-corrected chi connectivity index (χ3v) is 7.36. The number of hydrogen-bond acceptors (Lipinski definition) is 4. The second-order valence-electron chi connectivity index (χ2n) is 9.63. The molecule has 9 atom stereocenters. The van der Waals surface area contributed by atoms with Gasteiger partial charge in [0.1, 0.15) is 0 Å². The molecule has 1 aliphatic carbocycles. The van der Waals surface area contributed by atoms with E-state index in [0.717, 1.165) is 12.8 Å². The third-order valence-electron chi connectivity index (χ3n) is 7.36. The first-order chi connectivity index (χ1) is 14.6. The van der Waals surface area contributed by atoms with Crippen LogP contribution in [0.25, 0.3) is 0 Å². The molecule has 4 nitrogen and oxygen atoms in total. The molecule has 3 aliphatic rings. The summed E-state index contributed by atoms with van der Waals surface area (Å²) >= 11 is 0. The van der Waals surface area contributed by atoms with E-state index in [0.29, 0.717) is 32.3 Å². The number of fused-ring (bicyclic) bond motifs is 1. The molecule has 180 valence electrons. The molecule has 2 aliphatic heterocycles. The fourth-order valence-corrected chi connectivity index (χ4v) is 5.24. The molecule has 8 heteroatoms. The summed E-state index contributed by atoms with van der Waals surface area (Å²) < 4.78 is 74.2. The van der Waals surface area contributed by atoms with Crippen LogP contribution in [-0.4, -0.2) is 48.8 Å². The van der Waals surface area contributed by atoms with Crippen LogP contribution < -0.4 is 0 Å². The molecule has 1 saturated carbocycles. The summed E-state index contributed by atoms with van der Waals surface area (Å²) in [5.41, 5.74) is -2.08. The molecule has 4 unspecified atom stereocenters. The Morgan fingerprint density at radius 2 is 2.00 bits per heavy atom. The van der Waals surface area contributed by atoms with E-state index in [4.69, 9.17) is 14.2 Å². The van der Waals surface area contributed by atoms with Crippen molar-refractivity contribution in [1.29, 1.82) is 0 Å². The van der Waals surface area contributed by atoms with E-state index >= 15 is 0 Å². The quantitative estimate of drug-likeness (QED) is 0.388. The molecule has 0 bridgehead atoms. The van der Waals surface area contributed by atoms with Crippen molar-refractivity contribution < 1.29 is 36.9 Å². The Morgan fingerprint density at radius 1 is 1.26 bits per heavy atom. The van der Waals surface area contributed by atoms with Crippen molar-refractivity contribution >= 4 is 0 Å². The number of halogens is 4. The third kappa shape index (κ3) is 5.28. The summed E-state index contributed by atoms with van der Waals surface area (Å²) in [6.07, 6.45) is -2.80. The summed E-state index contributed by atoms with van der Waals surface area (Å²) in [5.74, 6) is -0.837. The Kier molecular flexibility index (Phi) is 8.09. The molecule has 0 aromatic heterocycles. The van der Waals surface area contributed by atoms with Crippen LogP contribution in [0, 0.1) is 23.2 Å². The molecule has 0 aromatic rings. The Labute approximate surface area is 182 Å². The molecule has 0 amide bonds. The lowest BCUT2D eigenvalue weighted by Crippen LogP contribution is -2.47. The molecule has 0 spiro atoms. The maximum Gasteiger partial charge on any atom is 0.397 e. The first-order valence-electron chi connectivity index (χ1n) is 11.6. The lowest BCUT2D eigenvalue weighted by molar-refractivity contribution is -0.279. The van der Waals surface area contributed by atoms with Gasteiger partial charge >= 0.3 is 6.18 Å². The average Bonchev–Trinajstić information content (AvgIpc) is 3.17. The molecule has 3 fully saturated rings. The Bertz CT molecular complexity index is 607. The average molecular weight is 453 g/mol. The summed E-state index contributed by atoms with van der Waals surface area (Å²) in [6.45, 7) is 5.48. The van der Waals surface area contributed by atoms with E-state index in [-0.39, 0.29) is 18.3 Å². The van der Waals surface area contributed by atoms with Crippen molar-refractivity contribution in [2.75, 3.05) is 6.61 Å². The molecule has 2 saturated heterocycles. The van der Waals surface area contributed by atoms with Crippen LogP contribution >= 0.6 is 0 Å². The highest BCUT2D eigenvalue weighted by molar-refractivity contribution is 5.10. The van der Waals surface area contributed by atoms with Gasteiger partial charge in [-0.25, -0.2) is 4.39 Å². The van der Waals surface area contributed by atoms with Gasteiger partial charge in [-0.1, -0.05) is 38.8 Å². The van der Waals surface area contributed by atoms with Crippen LogP contribution in [0.3, 0.4) is 0 Å². The fourth-order valence-electron chi connectivity index (χ4n) is 5.24. The molecule has 3 rings (SSSR count). The number of alkyl halides is 4. The number of aliphatic hydroxyl groups is 1. The van der Waals surface area contributed by atoms with Crippen molar-refractivity contribution in [2.45, 2.75) is 103 Å². The van der Waals surface area contributed by atoms with Gasteiger partial charge in [0.15, 0.2) is 18.8 Å². The van der Waals surface area contributed by atoms with Gasteiger partial charge in [-0.15, -0.1) is 0 Å². The maximum atomic E-state index is 14.5. The first kappa shape index (κ1) is 24.9. The predicted octanol–water partition coefficient (Wildman–Crippen LogP) is 5.54. The number of aliphatic hydroxyl groups excluding tert-OH is 1. The van der Waals surface area contributed by atoms with Gasteiger partial charge in [-0.05, 0) is 50.9 Å². The number of ether oxygens (including phenoxy) is 3. The first-order valence-corrected chi connectivity index (χ1v) is 11.6. The maximum absolute atomic E-state index is 14.5. The highest BCUT2D eigenvalue weighted by Gasteiger charge is 2.57. The Hall–Kier alpha value is -0.700. The molecule has 2 heterocycles. The van der Waals surface area contributed by atoms with Gasteiger partial charge in [0.25, 0.3) is 0 Å². The zero-order valence-electron chi connectivity index (χ0n) is 18.6. The monoisotopic (exact) mass is 452 g/mol. The summed E-state index contributed by atoms with van der Waals surface area (Å²) in [4.78, 5) is 0. The van der Waals surface area contributed by atoms with Gasteiger partial charge < -0.3 is 19.3 Å². The normalized spacial score (nSPS) is 39.5. The van der Waals surface area contributed by atoms with E-state index < -0.39 is 48.5 Å². The lowest BCUT2D eigenvalue weighted by Gasteiger charge is -2.40. The van der Waals surface area contributed by atoms with Gasteiger partial charge in [0.05, 0.1) is 17.6 Å². The van der Waals surface area contributed by atoms with Crippen molar-refractivity contribution in [3.63, 3.8) is 0 Å². The van der Waals surface area contributed by atoms with E-state index in [1.807, 2.05) is 13.8 Å². The number of hydrogen-bond donors (Lipinski definition) is 1. The van der Waals surface area contributed by atoms with E-state index in [2.05, 4.69) is 0 Å². The van der Waals surface area contributed by atoms with E-state index in [9.17, 15) is 22.7 Å². The minimum Gasteiger partial charge on any atom is -0.366 e. The van der Waals surface area contributed by atoms with Crippen molar-refractivity contribution in [3.05, 3.63) is 12.2 Å². The molecular weight excluding hydrogens is 416 g/mol. The zero-order chi connectivity index (χ0) is 22.8. The topological polar surface area (TPSA) is 47.9 Å².